The van der Waals surface area contributed by atoms with Gasteiger partial charge in [0, 0.05) is 64.0 Å². The fourth-order valence-corrected chi connectivity index (χ4v) is 10.5. The minimum absolute atomic E-state index is 0.573. The normalized spacial score (nSPS) is 11.8. The molecule has 0 aliphatic rings. The number of fused-ring (bicyclic) bond motifs is 9. The average Bonchev–Trinajstić information content (AvgIpc) is 4.03. The predicted molar refractivity (Wildman–Crippen MR) is 262 cm³/mol. The van der Waals surface area contributed by atoms with E-state index in [1.165, 1.54) is 36.5 Å². The first-order valence-electron chi connectivity index (χ1n) is 21.1. The molecule has 0 saturated carbocycles. The smallest absolute Gasteiger partial charge is 0.164 e. The van der Waals surface area contributed by atoms with Crippen LogP contribution in [0, 0.1) is 0 Å². The summed E-state index contributed by atoms with van der Waals surface area (Å²) in [5, 5.41) is 7.10. The third kappa shape index (κ3) is 5.80. The summed E-state index contributed by atoms with van der Waals surface area (Å²) in [4.78, 5) is 15.5. The molecule has 0 spiro atoms. The quantitative estimate of drug-likeness (QED) is 0.168. The number of nitrogens with zero attached hydrogens (tertiary/aromatic N) is 4. The van der Waals surface area contributed by atoms with Crippen LogP contribution in [0.1, 0.15) is 0 Å². The molecule has 0 saturated heterocycles. The van der Waals surface area contributed by atoms with E-state index in [0.717, 1.165) is 72.0 Å². The molecule has 6 heteroatoms. The van der Waals surface area contributed by atoms with Crippen LogP contribution in [0.15, 0.2) is 211 Å². The largest absolute Gasteiger partial charge is 0.456 e. The lowest BCUT2D eigenvalue weighted by atomic mass is 10.0. The summed E-state index contributed by atoms with van der Waals surface area (Å²) in [6.07, 6.45) is 0. The summed E-state index contributed by atoms with van der Waals surface area (Å²) >= 11 is 1.84. The van der Waals surface area contributed by atoms with Gasteiger partial charge in [0.25, 0.3) is 0 Å². The lowest BCUT2D eigenvalue weighted by Gasteiger charge is -2.16. The molecule has 0 unspecified atom stereocenters. The molecule has 0 atom stereocenters. The molecule has 4 aromatic heterocycles. The third-order valence-corrected chi connectivity index (χ3v) is 13.5. The fourth-order valence-electron chi connectivity index (χ4n) is 9.31. The maximum atomic E-state index is 6.69. The van der Waals surface area contributed by atoms with Crippen LogP contribution in [0.2, 0.25) is 0 Å². The minimum Gasteiger partial charge on any atom is -0.456 e. The molecule has 0 N–H and O–H groups in total. The van der Waals surface area contributed by atoms with E-state index in [9.17, 15) is 0 Å². The minimum atomic E-state index is 0.573. The van der Waals surface area contributed by atoms with Gasteiger partial charge in [-0.1, -0.05) is 158 Å². The summed E-state index contributed by atoms with van der Waals surface area (Å²) < 4.78 is 11.6. The summed E-state index contributed by atoms with van der Waals surface area (Å²) in [5.74, 6) is 1.76. The number of hydrogen-bond donors (Lipinski definition) is 0. The Morgan fingerprint density at radius 2 is 0.873 bits per heavy atom. The second-order valence-electron chi connectivity index (χ2n) is 15.9. The number of para-hydroxylation sites is 2. The standard InChI is InChI=1S/C57H34N4OS/c1-3-14-35(15-4-1)40-29-27-38(32-50(40)61-48-23-10-7-18-42(48)43-19-8-11-24-49(43)61)56-58-55(36-16-5-2-6-17-36)59-57(60-56)39-28-31-45-44-30-26-37(33-51(44)62-52(45)34-39)41-21-13-22-47-46-20-9-12-25-53(46)63-54(41)47/h1-34H. The number of thiophene rings is 1. The van der Waals surface area contributed by atoms with Crippen molar-refractivity contribution < 1.29 is 4.42 Å². The van der Waals surface area contributed by atoms with Crippen LogP contribution in [0.5, 0.6) is 0 Å². The first-order chi connectivity index (χ1) is 31.2. The lowest BCUT2D eigenvalue weighted by Crippen LogP contribution is -2.02. The summed E-state index contributed by atoms with van der Waals surface area (Å²) in [6.45, 7) is 0. The third-order valence-electron chi connectivity index (χ3n) is 12.3. The van der Waals surface area contributed by atoms with Crippen LogP contribution >= 0.6 is 11.3 Å². The molecule has 13 aromatic rings. The molecule has 13 rings (SSSR count). The highest BCUT2D eigenvalue weighted by molar-refractivity contribution is 7.26. The van der Waals surface area contributed by atoms with Crippen molar-refractivity contribution in [3.8, 4) is 62.1 Å². The second-order valence-corrected chi connectivity index (χ2v) is 17.0. The Balaban J connectivity index is 0.968. The molecule has 5 nitrogen and oxygen atoms in total. The van der Waals surface area contributed by atoms with Crippen molar-refractivity contribution in [3.63, 3.8) is 0 Å². The van der Waals surface area contributed by atoms with Crippen molar-refractivity contribution in [2.24, 2.45) is 0 Å². The molecule has 0 aliphatic carbocycles. The Morgan fingerprint density at radius 1 is 0.349 bits per heavy atom. The van der Waals surface area contributed by atoms with Crippen LogP contribution in [0.4, 0.5) is 0 Å². The van der Waals surface area contributed by atoms with E-state index in [2.05, 4.69) is 180 Å². The molecule has 0 radical (unpaired) electrons. The SMILES string of the molecule is c1ccc(-c2nc(-c3ccc(-c4ccccc4)c(-n4c5ccccc5c5ccccc54)c3)nc(-c3ccc4c(c3)oc3cc(-c5cccc6c5sc5ccccc56)ccc34)n2)cc1. The molecule has 9 aromatic carbocycles. The van der Waals surface area contributed by atoms with E-state index < -0.39 is 0 Å². The van der Waals surface area contributed by atoms with E-state index in [1.54, 1.807) is 0 Å². The highest BCUT2D eigenvalue weighted by Gasteiger charge is 2.20. The van der Waals surface area contributed by atoms with Crippen LogP contribution in [-0.4, -0.2) is 19.5 Å². The summed E-state index contributed by atoms with van der Waals surface area (Å²) in [6, 6.07) is 72.6. The Bertz CT molecular complexity index is 3870. The molecular formula is C57H34N4OS. The van der Waals surface area contributed by atoms with Crippen molar-refractivity contribution in [1.82, 2.24) is 19.5 Å². The van der Waals surface area contributed by atoms with Gasteiger partial charge in [-0.2, -0.15) is 0 Å². The zero-order valence-corrected chi connectivity index (χ0v) is 34.6. The number of furan rings is 1. The lowest BCUT2D eigenvalue weighted by molar-refractivity contribution is 0.669. The average molecular weight is 823 g/mol. The van der Waals surface area contributed by atoms with Gasteiger partial charge in [0.2, 0.25) is 0 Å². The Kier molecular flexibility index (Phi) is 8.01. The maximum absolute atomic E-state index is 6.69. The van der Waals surface area contributed by atoms with E-state index in [1.807, 2.05) is 41.7 Å². The Morgan fingerprint density at radius 3 is 1.57 bits per heavy atom. The van der Waals surface area contributed by atoms with E-state index in [0.29, 0.717) is 17.5 Å². The van der Waals surface area contributed by atoms with Gasteiger partial charge in [-0.3, -0.25) is 0 Å². The number of rotatable bonds is 6. The highest BCUT2D eigenvalue weighted by atomic mass is 32.1. The van der Waals surface area contributed by atoms with Crippen molar-refractivity contribution in [2.45, 2.75) is 0 Å². The van der Waals surface area contributed by atoms with Crippen LogP contribution < -0.4 is 0 Å². The monoisotopic (exact) mass is 822 g/mol. The van der Waals surface area contributed by atoms with Crippen LogP contribution in [0.3, 0.4) is 0 Å². The van der Waals surface area contributed by atoms with Gasteiger partial charge in [0.1, 0.15) is 11.2 Å². The van der Waals surface area contributed by atoms with Crippen molar-refractivity contribution >= 4 is 75.3 Å². The first-order valence-corrected chi connectivity index (χ1v) is 21.9. The summed E-state index contributed by atoms with van der Waals surface area (Å²) in [5.41, 5.74) is 12.2. The maximum Gasteiger partial charge on any atom is 0.164 e. The number of hydrogen-bond acceptors (Lipinski definition) is 5. The molecule has 0 amide bonds. The summed E-state index contributed by atoms with van der Waals surface area (Å²) in [7, 11) is 0. The van der Waals surface area contributed by atoms with E-state index in [-0.39, 0.29) is 0 Å². The van der Waals surface area contributed by atoms with Crippen molar-refractivity contribution in [2.75, 3.05) is 0 Å². The molecule has 0 fully saturated rings. The zero-order chi connectivity index (χ0) is 41.4. The van der Waals surface area contributed by atoms with Gasteiger partial charge in [-0.05, 0) is 65.2 Å². The first kappa shape index (κ1) is 35.6. The van der Waals surface area contributed by atoms with Gasteiger partial charge in [0.05, 0.1) is 16.7 Å². The predicted octanol–water partition coefficient (Wildman–Crippen LogP) is 15.6. The molecule has 294 valence electrons. The van der Waals surface area contributed by atoms with Crippen LogP contribution in [-0.2, 0) is 0 Å². The van der Waals surface area contributed by atoms with Crippen LogP contribution in [0.25, 0.3) is 126 Å². The van der Waals surface area contributed by atoms with Gasteiger partial charge < -0.3 is 8.98 Å². The van der Waals surface area contributed by atoms with E-state index in [4.69, 9.17) is 19.4 Å². The van der Waals surface area contributed by atoms with Crippen molar-refractivity contribution in [1.29, 1.82) is 0 Å². The van der Waals surface area contributed by atoms with Gasteiger partial charge >= 0.3 is 0 Å². The number of aromatic nitrogens is 4. The molecule has 0 bridgehead atoms. The highest BCUT2D eigenvalue weighted by Crippen LogP contribution is 2.42. The molecule has 4 heterocycles. The topological polar surface area (TPSA) is 56.7 Å². The zero-order valence-electron chi connectivity index (χ0n) is 33.7. The fraction of sp³-hybridized carbons (Fsp3) is 0. The molecular weight excluding hydrogens is 789 g/mol. The van der Waals surface area contributed by atoms with Crippen molar-refractivity contribution in [3.05, 3.63) is 206 Å². The Labute approximate surface area is 365 Å². The second kappa shape index (κ2) is 14.2. The molecule has 63 heavy (non-hydrogen) atoms. The van der Waals surface area contributed by atoms with Gasteiger partial charge in [-0.25, -0.2) is 15.0 Å². The molecule has 0 aliphatic heterocycles. The van der Waals surface area contributed by atoms with Gasteiger partial charge in [-0.15, -0.1) is 11.3 Å². The van der Waals surface area contributed by atoms with E-state index >= 15 is 0 Å². The Hall–Kier alpha value is -8.19. The number of benzene rings is 9. The van der Waals surface area contributed by atoms with Gasteiger partial charge in [0.15, 0.2) is 17.5 Å².